The summed E-state index contributed by atoms with van der Waals surface area (Å²) >= 11 is 7.74. The highest BCUT2D eigenvalue weighted by atomic mass is 35.5. The van der Waals surface area contributed by atoms with Crippen molar-refractivity contribution in [2.24, 2.45) is 0 Å². The van der Waals surface area contributed by atoms with Gasteiger partial charge in [-0.2, -0.15) is 0 Å². The van der Waals surface area contributed by atoms with E-state index in [4.69, 9.17) is 11.6 Å². The number of aromatic amines is 1. The zero-order valence-corrected chi connectivity index (χ0v) is 17.3. The molecule has 1 saturated heterocycles. The zero-order valence-electron chi connectivity index (χ0n) is 15.7. The number of H-pyrrole nitrogens is 1. The number of thiophene rings is 1. The van der Waals surface area contributed by atoms with Crippen molar-refractivity contribution in [1.29, 1.82) is 0 Å². The molecular weight excluding hydrogens is 402 g/mol. The van der Waals surface area contributed by atoms with E-state index in [2.05, 4.69) is 22.4 Å². The number of fused-ring (bicyclic) bond motifs is 1. The largest absolute Gasteiger partial charge is 0.367 e. The molecule has 6 heteroatoms. The zero-order chi connectivity index (χ0) is 19.8. The number of aromatic nitrogens is 1. The average molecular weight is 422 g/mol. The van der Waals surface area contributed by atoms with Gasteiger partial charge in [0, 0.05) is 51.1 Å². The first-order valence-corrected chi connectivity index (χ1v) is 10.9. The SMILES string of the molecule is O=C(c1ccccc1-c1cccs1)N1CC[C@@H](Nc2cc3ccc(Cl)cc3[nH]2)C1. The summed E-state index contributed by atoms with van der Waals surface area (Å²) in [6, 6.07) is 20.1. The van der Waals surface area contributed by atoms with Crippen LogP contribution in [0.15, 0.2) is 66.0 Å². The first kappa shape index (κ1) is 18.3. The van der Waals surface area contributed by atoms with Crippen LogP contribution >= 0.6 is 22.9 Å². The highest BCUT2D eigenvalue weighted by molar-refractivity contribution is 7.13. The van der Waals surface area contributed by atoms with E-state index < -0.39 is 0 Å². The maximum atomic E-state index is 13.2. The molecule has 1 aliphatic heterocycles. The third-order valence-corrected chi connectivity index (χ3v) is 6.50. The Morgan fingerprint density at radius 2 is 2.03 bits per heavy atom. The Balaban J connectivity index is 1.31. The second-order valence-corrected chi connectivity index (χ2v) is 8.70. The first-order chi connectivity index (χ1) is 14.2. The average Bonchev–Trinajstić information content (AvgIpc) is 3.48. The third-order valence-electron chi connectivity index (χ3n) is 5.36. The van der Waals surface area contributed by atoms with Crippen molar-refractivity contribution in [3.8, 4) is 10.4 Å². The molecule has 4 aromatic rings. The van der Waals surface area contributed by atoms with Gasteiger partial charge < -0.3 is 15.2 Å². The number of nitrogens with zero attached hydrogens (tertiary/aromatic N) is 1. The predicted octanol–water partition coefficient (Wildman–Crippen LogP) is 5.88. The third kappa shape index (κ3) is 3.63. The van der Waals surface area contributed by atoms with Crippen LogP contribution in [0.3, 0.4) is 0 Å². The minimum absolute atomic E-state index is 0.0988. The van der Waals surface area contributed by atoms with Crippen molar-refractivity contribution in [2.75, 3.05) is 18.4 Å². The lowest BCUT2D eigenvalue weighted by Gasteiger charge is -2.19. The van der Waals surface area contributed by atoms with Crippen LogP contribution in [0.2, 0.25) is 5.02 Å². The van der Waals surface area contributed by atoms with Crippen LogP contribution in [0.1, 0.15) is 16.8 Å². The fraction of sp³-hybridized carbons (Fsp3) is 0.174. The highest BCUT2D eigenvalue weighted by Gasteiger charge is 2.28. The number of hydrogen-bond acceptors (Lipinski definition) is 3. The second-order valence-electron chi connectivity index (χ2n) is 7.32. The molecule has 146 valence electrons. The van der Waals surface area contributed by atoms with Gasteiger partial charge in [-0.3, -0.25) is 4.79 Å². The molecule has 2 aromatic carbocycles. The molecule has 2 aromatic heterocycles. The van der Waals surface area contributed by atoms with Crippen LogP contribution in [0.4, 0.5) is 5.82 Å². The summed E-state index contributed by atoms with van der Waals surface area (Å²) < 4.78 is 0. The summed E-state index contributed by atoms with van der Waals surface area (Å²) in [6.45, 7) is 1.44. The number of rotatable bonds is 4. The number of halogens is 1. The van der Waals surface area contributed by atoms with Crippen LogP contribution in [-0.4, -0.2) is 34.9 Å². The van der Waals surface area contributed by atoms with Crippen molar-refractivity contribution in [3.05, 3.63) is 76.6 Å². The molecule has 0 saturated carbocycles. The van der Waals surface area contributed by atoms with Gasteiger partial charge in [-0.15, -0.1) is 11.3 Å². The fourth-order valence-corrected chi connectivity index (χ4v) is 4.88. The summed E-state index contributed by atoms with van der Waals surface area (Å²) in [4.78, 5) is 19.7. The molecule has 29 heavy (non-hydrogen) atoms. The number of carbonyl (C=O) groups excluding carboxylic acids is 1. The molecule has 1 aliphatic rings. The van der Waals surface area contributed by atoms with Gasteiger partial charge >= 0.3 is 0 Å². The topological polar surface area (TPSA) is 48.1 Å². The Morgan fingerprint density at radius 1 is 1.14 bits per heavy atom. The monoisotopic (exact) mass is 421 g/mol. The fourth-order valence-electron chi connectivity index (χ4n) is 3.95. The maximum absolute atomic E-state index is 13.2. The smallest absolute Gasteiger partial charge is 0.254 e. The normalized spacial score (nSPS) is 16.4. The lowest BCUT2D eigenvalue weighted by atomic mass is 10.0. The van der Waals surface area contributed by atoms with Gasteiger partial charge in [0.25, 0.3) is 5.91 Å². The molecule has 1 atom stereocenters. The van der Waals surface area contributed by atoms with Crippen LogP contribution in [-0.2, 0) is 0 Å². The van der Waals surface area contributed by atoms with Gasteiger partial charge in [-0.05, 0) is 42.1 Å². The van der Waals surface area contributed by atoms with E-state index in [9.17, 15) is 4.79 Å². The molecule has 5 rings (SSSR count). The number of hydrogen-bond donors (Lipinski definition) is 2. The van der Waals surface area contributed by atoms with E-state index in [0.717, 1.165) is 45.7 Å². The quantitative estimate of drug-likeness (QED) is 0.432. The molecule has 2 N–H and O–H groups in total. The van der Waals surface area contributed by atoms with Gasteiger partial charge in [-0.1, -0.05) is 41.9 Å². The Morgan fingerprint density at radius 3 is 2.90 bits per heavy atom. The molecule has 0 bridgehead atoms. The molecule has 0 aliphatic carbocycles. The standard InChI is InChI=1S/C23H20ClN3OS/c24-16-8-7-15-12-22(26-20(15)13-16)25-17-9-10-27(14-17)23(28)19-5-2-1-4-18(19)21-6-3-11-29-21/h1-8,11-13,17,25-26H,9-10,14H2/t17-/m1/s1. The summed E-state index contributed by atoms with van der Waals surface area (Å²) in [5, 5.41) is 7.41. The molecule has 0 unspecified atom stereocenters. The van der Waals surface area contributed by atoms with Gasteiger partial charge in [0.05, 0.1) is 0 Å². The van der Waals surface area contributed by atoms with Crippen molar-refractivity contribution in [3.63, 3.8) is 0 Å². The Hall–Kier alpha value is -2.76. The minimum atomic E-state index is 0.0988. The van der Waals surface area contributed by atoms with Crippen LogP contribution in [0.25, 0.3) is 21.3 Å². The molecule has 0 radical (unpaired) electrons. The first-order valence-electron chi connectivity index (χ1n) is 9.64. The van der Waals surface area contributed by atoms with E-state index in [1.807, 2.05) is 58.8 Å². The van der Waals surface area contributed by atoms with Crippen LogP contribution in [0.5, 0.6) is 0 Å². The number of nitrogens with one attached hydrogen (secondary N) is 2. The van der Waals surface area contributed by atoms with Gasteiger partial charge in [0.1, 0.15) is 5.82 Å². The maximum Gasteiger partial charge on any atom is 0.254 e. The molecule has 1 fully saturated rings. The lowest BCUT2D eigenvalue weighted by Crippen LogP contribution is -2.31. The number of benzene rings is 2. The van der Waals surface area contributed by atoms with E-state index >= 15 is 0 Å². The number of likely N-dealkylation sites (tertiary alicyclic amines) is 1. The summed E-state index contributed by atoms with van der Waals surface area (Å²) in [6.07, 6.45) is 0.920. The van der Waals surface area contributed by atoms with Crippen molar-refractivity contribution >= 4 is 45.6 Å². The van der Waals surface area contributed by atoms with Crippen molar-refractivity contribution in [2.45, 2.75) is 12.5 Å². The molecule has 4 nitrogen and oxygen atoms in total. The Labute approximate surface area is 178 Å². The highest BCUT2D eigenvalue weighted by Crippen LogP contribution is 2.30. The van der Waals surface area contributed by atoms with E-state index in [1.54, 1.807) is 11.3 Å². The summed E-state index contributed by atoms with van der Waals surface area (Å²) in [5.74, 6) is 1.06. The molecule has 3 heterocycles. The molecular formula is C23H20ClN3OS. The predicted molar refractivity (Wildman–Crippen MR) is 121 cm³/mol. The Kier molecular flexibility index (Phi) is 4.78. The van der Waals surface area contributed by atoms with Gasteiger partial charge in [0.15, 0.2) is 0 Å². The van der Waals surface area contributed by atoms with Crippen LogP contribution < -0.4 is 5.32 Å². The van der Waals surface area contributed by atoms with Crippen molar-refractivity contribution in [1.82, 2.24) is 9.88 Å². The minimum Gasteiger partial charge on any atom is -0.367 e. The summed E-state index contributed by atoms with van der Waals surface area (Å²) in [7, 11) is 0. The van der Waals surface area contributed by atoms with E-state index in [-0.39, 0.29) is 11.9 Å². The van der Waals surface area contributed by atoms with Crippen LogP contribution in [0, 0.1) is 0 Å². The number of amides is 1. The van der Waals surface area contributed by atoms with Gasteiger partial charge in [0.2, 0.25) is 0 Å². The lowest BCUT2D eigenvalue weighted by molar-refractivity contribution is 0.0792. The Bertz CT molecular complexity index is 1170. The second kappa shape index (κ2) is 7.58. The number of anilines is 1. The van der Waals surface area contributed by atoms with E-state index in [0.29, 0.717) is 11.6 Å². The van der Waals surface area contributed by atoms with Gasteiger partial charge in [-0.25, -0.2) is 0 Å². The van der Waals surface area contributed by atoms with E-state index in [1.165, 1.54) is 0 Å². The van der Waals surface area contributed by atoms with Crippen molar-refractivity contribution < 1.29 is 4.79 Å². The summed E-state index contributed by atoms with van der Waals surface area (Å²) in [5.41, 5.74) is 2.79. The number of carbonyl (C=O) groups is 1. The molecule has 0 spiro atoms. The molecule has 1 amide bonds.